The van der Waals surface area contributed by atoms with Crippen molar-refractivity contribution in [3.05, 3.63) is 19.8 Å². The van der Waals surface area contributed by atoms with Gasteiger partial charge in [0.15, 0.2) is 6.04 Å². The summed E-state index contributed by atoms with van der Waals surface area (Å²) < 4.78 is 6.38. The van der Waals surface area contributed by atoms with E-state index in [1.165, 1.54) is 4.90 Å². The van der Waals surface area contributed by atoms with Crippen LogP contribution in [0.2, 0.25) is 4.34 Å². The van der Waals surface area contributed by atoms with Crippen LogP contribution in [0, 0.1) is 0 Å². The quantitative estimate of drug-likeness (QED) is 0.744. The van der Waals surface area contributed by atoms with Gasteiger partial charge in [0, 0.05) is 15.9 Å². The first-order chi connectivity index (χ1) is 10.1. The third kappa shape index (κ3) is 5.14. The number of halogens is 2. The molecule has 0 saturated carbocycles. The maximum Gasteiger partial charge on any atom is 0.411 e. The fourth-order valence-corrected chi connectivity index (χ4v) is 3.64. The van der Waals surface area contributed by atoms with Crippen LogP contribution in [-0.2, 0) is 9.53 Å². The fraction of sp³-hybridized carbons (Fsp3) is 0.571. The van der Waals surface area contributed by atoms with Crippen molar-refractivity contribution in [2.24, 2.45) is 0 Å². The van der Waals surface area contributed by atoms with Gasteiger partial charge in [-0.25, -0.2) is 9.59 Å². The topological polar surface area (TPSA) is 66.8 Å². The van der Waals surface area contributed by atoms with E-state index in [2.05, 4.69) is 15.9 Å². The van der Waals surface area contributed by atoms with E-state index < -0.39 is 23.7 Å². The van der Waals surface area contributed by atoms with Crippen LogP contribution in [0.3, 0.4) is 0 Å². The molecule has 0 radical (unpaired) electrons. The summed E-state index contributed by atoms with van der Waals surface area (Å²) in [7, 11) is 0. The largest absolute Gasteiger partial charge is 0.479 e. The van der Waals surface area contributed by atoms with E-state index in [1.54, 1.807) is 26.8 Å². The first-order valence-corrected chi connectivity index (χ1v) is 8.72. The number of aliphatic carboxylic acids is 1. The number of carboxylic acid groups (broad SMARTS) is 1. The Hall–Kier alpha value is -0.790. The van der Waals surface area contributed by atoms with Crippen LogP contribution < -0.4 is 0 Å². The monoisotopic (exact) mass is 411 g/mol. The number of hydrogen-bond donors (Lipinski definition) is 1. The van der Waals surface area contributed by atoms with Crippen LogP contribution in [0.5, 0.6) is 0 Å². The molecule has 8 heteroatoms. The molecular weight excluding hydrogens is 394 g/mol. The molecule has 0 fully saturated rings. The zero-order chi connectivity index (χ0) is 17.1. The van der Waals surface area contributed by atoms with Gasteiger partial charge >= 0.3 is 12.1 Å². The Labute approximate surface area is 147 Å². The van der Waals surface area contributed by atoms with E-state index in [9.17, 15) is 14.7 Å². The normalized spacial score (nSPS) is 12.8. The van der Waals surface area contributed by atoms with Crippen molar-refractivity contribution < 1.29 is 19.4 Å². The summed E-state index contributed by atoms with van der Waals surface area (Å²) in [6.45, 7) is 7.36. The Morgan fingerprint density at radius 2 is 2.09 bits per heavy atom. The molecule has 1 heterocycles. The molecule has 1 rings (SSSR count). The highest BCUT2D eigenvalue weighted by Gasteiger charge is 2.35. The van der Waals surface area contributed by atoms with E-state index in [0.717, 1.165) is 11.3 Å². The highest BCUT2D eigenvalue weighted by Crippen LogP contribution is 2.37. The minimum atomic E-state index is -1.12. The molecule has 124 valence electrons. The molecule has 22 heavy (non-hydrogen) atoms. The first kappa shape index (κ1) is 19.3. The third-order valence-corrected chi connectivity index (χ3v) is 5.10. The van der Waals surface area contributed by atoms with Crippen molar-refractivity contribution in [1.29, 1.82) is 0 Å². The summed E-state index contributed by atoms with van der Waals surface area (Å²) in [4.78, 5) is 25.8. The molecule has 0 saturated heterocycles. The zero-order valence-electron chi connectivity index (χ0n) is 12.9. The number of rotatable bonds is 5. The van der Waals surface area contributed by atoms with Crippen LogP contribution in [0.25, 0.3) is 0 Å². The number of carbonyl (C=O) groups excluding carboxylic acids is 1. The van der Waals surface area contributed by atoms with Gasteiger partial charge in [0.1, 0.15) is 9.94 Å². The van der Waals surface area contributed by atoms with Crippen LogP contribution in [-0.4, -0.2) is 34.2 Å². The molecule has 0 spiro atoms. The molecule has 1 N–H and O–H groups in total. The van der Waals surface area contributed by atoms with Crippen LogP contribution >= 0.6 is 38.9 Å². The Kier molecular flexibility index (Phi) is 6.70. The maximum atomic E-state index is 12.4. The van der Waals surface area contributed by atoms with Gasteiger partial charge in [0.2, 0.25) is 0 Å². The van der Waals surface area contributed by atoms with Crippen molar-refractivity contribution in [3.63, 3.8) is 0 Å². The minimum absolute atomic E-state index is 0.277. The second kappa shape index (κ2) is 7.66. The zero-order valence-corrected chi connectivity index (χ0v) is 16.0. The molecule has 1 atom stereocenters. The Morgan fingerprint density at radius 3 is 2.45 bits per heavy atom. The van der Waals surface area contributed by atoms with Gasteiger partial charge in [-0.3, -0.25) is 4.90 Å². The molecule has 1 aromatic rings. The van der Waals surface area contributed by atoms with Crippen molar-refractivity contribution in [2.45, 2.75) is 45.8 Å². The number of carbonyl (C=O) groups is 2. The van der Waals surface area contributed by atoms with E-state index >= 15 is 0 Å². The molecule has 1 unspecified atom stereocenters. The molecule has 0 aliphatic heterocycles. The van der Waals surface area contributed by atoms with Crippen LogP contribution in [0.4, 0.5) is 4.79 Å². The first-order valence-electron chi connectivity index (χ1n) is 6.74. The number of carboxylic acids is 1. The van der Waals surface area contributed by atoms with Gasteiger partial charge in [-0.1, -0.05) is 18.5 Å². The minimum Gasteiger partial charge on any atom is -0.479 e. The highest BCUT2D eigenvalue weighted by atomic mass is 79.9. The van der Waals surface area contributed by atoms with Gasteiger partial charge < -0.3 is 9.84 Å². The molecule has 5 nitrogen and oxygen atoms in total. The van der Waals surface area contributed by atoms with Crippen molar-refractivity contribution >= 4 is 50.9 Å². The smallest absolute Gasteiger partial charge is 0.411 e. The summed E-state index contributed by atoms with van der Waals surface area (Å²) in [5.74, 6) is -1.12. The summed E-state index contributed by atoms with van der Waals surface area (Å²) in [5, 5.41) is 9.57. The van der Waals surface area contributed by atoms with Gasteiger partial charge in [-0.2, -0.15) is 0 Å². The van der Waals surface area contributed by atoms with Crippen molar-refractivity contribution in [3.8, 4) is 0 Å². The molecule has 0 bridgehead atoms. The Bertz CT molecular complexity index is 536. The van der Waals surface area contributed by atoms with Gasteiger partial charge in [0.25, 0.3) is 0 Å². The summed E-state index contributed by atoms with van der Waals surface area (Å²) in [6.07, 6.45) is -0.0362. The number of nitrogens with zero attached hydrogens (tertiary/aromatic N) is 1. The van der Waals surface area contributed by atoms with E-state index in [0.29, 0.717) is 20.1 Å². The molecule has 0 aliphatic carbocycles. The van der Waals surface area contributed by atoms with E-state index in [4.69, 9.17) is 16.3 Å². The molecule has 0 aromatic carbocycles. The second-order valence-corrected chi connectivity index (χ2v) is 8.23. The van der Waals surface area contributed by atoms with Crippen LogP contribution in [0.1, 0.15) is 45.0 Å². The standard InChI is InChI=1S/C14H19BrClNO4S/c1-5-6-17(13(20)21-14(2,3)4)10(12(18)19)9-7-8(15)11(16)22-9/h7,10H,5-6H2,1-4H3,(H,18,19). The average molecular weight is 413 g/mol. The maximum absolute atomic E-state index is 12.4. The Balaban J connectivity index is 3.17. The highest BCUT2D eigenvalue weighted by molar-refractivity contribution is 9.10. The summed E-state index contributed by atoms with van der Waals surface area (Å²) in [5.41, 5.74) is -0.695. The number of hydrogen-bond acceptors (Lipinski definition) is 4. The molecule has 1 amide bonds. The molecule has 1 aromatic heterocycles. The SMILES string of the molecule is CCCN(C(=O)OC(C)(C)C)C(C(=O)O)c1cc(Br)c(Cl)s1. The lowest BCUT2D eigenvalue weighted by Gasteiger charge is -2.30. The second-order valence-electron chi connectivity index (χ2n) is 5.68. The average Bonchev–Trinajstić information content (AvgIpc) is 2.66. The van der Waals surface area contributed by atoms with Gasteiger partial charge in [-0.05, 0) is 49.2 Å². The summed E-state index contributed by atoms with van der Waals surface area (Å²) >= 11 is 10.4. The third-order valence-electron chi connectivity index (χ3n) is 2.57. The number of thiophene rings is 1. The van der Waals surface area contributed by atoms with Crippen molar-refractivity contribution in [1.82, 2.24) is 4.90 Å². The number of amides is 1. The fourth-order valence-electron chi connectivity index (χ4n) is 1.79. The van der Waals surface area contributed by atoms with Gasteiger partial charge in [0.05, 0.1) is 0 Å². The number of ether oxygens (including phenoxy) is 1. The van der Waals surface area contributed by atoms with Crippen LogP contribution in [0.15, 0.2) is 10.5 Å². The lowest BCUT2D eigenvalue weighted by molar-refractivity contribution is -0.143. The predicted molar refractivity (Wildman–Crippen MR) is 90.6 cm³/mol. The van der Waals surface area contributed by atoms with Gasteiger partial charge in [-0.15, -0.1) is 11.3 Å². The lowest BCUT2D eigenvalue weighted by atomic mass is 10.2. The lowest BCUT2D eigenvalue weighted by Crippen LogP contribution is -2.42. The summed E-state index contributed by atoms with van der Waals surface area (Å²) in [6, 6.07) is 0.502. The van der Waals surface area contributed by atoms with E-state index in [1.807, 2.05) is 6.92 Å². The molecule has 0 aliphatic rings. The van der Waals surface area contributed by atoms with E-state index in [-0.39, 0.29) is 6.54 Å². The van der Waals surface area contributed by atoms with Crippen molar-refractivity contribution in [2.75, 3.05) is 6.54 Å². The predicted octanol–water partition coefficient (Wildman–Crippen LogP) is 4.94. The Morgan fingerprint density at radius 1 is 1.50 bits per heavy atom. The molecular formula is C14H19BrClNO4S.